The Bertz CT molecular complexity index is 395. The van der Waals surface area contributed by atoms with E-state index in [1.54, 1.807) is 6.33 Å². The summed E-state index contributed by atoms with van der Waals surface area (Å²) in [5, 5.41) is 6.09. The molecule has 1 unspecified atom stereocenters. The molecule has 0 saturated heterocycles. The van der Waals surface area contributed by atoms with E-state index in [0.29, 0.717) is 13.0 Å². The average Bonchev–Trinajstić information content (AvgIpc) is 2.39. The minimum Gasteiger partial charge on any atom is -0.369 e. The number of rotatable bonds is 8. The third-order valence-electron chi connectivity index (χ3n) is 2.91. The molecule has 0 aliphatic carbocycles. The normalized spacial score (nSPS) is 11.9. The predicted molar refractivity (Wildman–Crippen MR) is 77.0 cm³/mol. The van der Waals surface area contributed by atoms with Gasteiger partial charge in [0.25, 0.3) is 0 Å². The summed E-state index contributed by atoms with van der Waals surface area (Å²) in [5.41, 5.74) is 1.03. The van der Waals surface area contributed by atoms with Gasteiger partial charge in [-0.15, -0.1) is 0 Å². The van der Waals surface area contributed by atoms with Gasteiger partial charge in [-0.25, -0.2) is 9.97 Å². The van der Waals surface area contributed by atoms with Crippen LogP contribution in [0.3, 0.4) is 0 Å². The van der Waals surface area contributed by atoms with E-state index in [1.165, 1.54) is 0 Å². The highest BCUT2D eigenvalue weighted by Gasteiger charge is 2.05. The number of hydrogen-bond donors (Lipinski definition) is 2. The fourth-order valence-electron chi connectivity index (χ4n) is 1.64. The maximum atomic E-state index is 11.6. The van der Waals surface area contributed by atoms with Crippen molar-refractivity contribution in [3.8, 4) is 0 Å². The Hall–Kier alpha value is -1.65. The first kappa shape index (κ1) is 15.4. The molecule has 5 heteroatoms. The first-order chi connectivity index (χ1) is 9.15. The van der Waals surface area contributed by atoms with E-state index in [1.807, 2.05) is 13.0 Å². The highest BCUT2D eigenvalue weighted by atomic mass is 16.1. The molecule has 19 heavy (non-hydrogen) atoms. The standard InChI is InChI=1S/C14H24N4O/c1-4-6-12-9-13(17-10-16-12)15-8-7-14(19)18-11(3)5-2/h9-11H,4-8H2,1-3H3,(H,18,19)(H,15,16,17). The number of carbonyl (C=O) groups is 1. The van der Waals surface area contributed by atoms with E-state index < -0.39 is 0 Å². The molecule has 1 amide bonds. The van der Waals surface area contributed by atoms with Crippen molar-refractivity contribution in [3.05, 3.63) is 18.1 Å². The Kier molecular flexibility index (Phi) is 6.85. The van der Waals surface area contributed by atoms with Gasteiger partial charge in [0.05, 0.1) is 0 Å². The zero-order valence-electron chi connectivity index (χ0n) is 12.1. The van der Waals surface area contributed by atoms with Crippen LogP contribution in [0.15, 0.2) is 12.4 Å². The van der Waals surface area contributed by atoms with Gasteiger partial charge in [-0.3, -0.25) is 4.79 Å². The number of carbonyl (C=O) groups excluding carboxylic acids is 1. The van der Waals surface area contributed by atoms with Crippen molar-refractivity contribution in [2.75, 3.05) is 11.9 Å². The van der Waals surface area contributed by atoms with Crippen LogP contribution in [0.25, 0.3) is 0 Å². The average molecular weight is 264 g/mol. The molecule has 1 aromatic rings. The van der Waals surface area contributed by atoms with Crippen LogP contribution in [0.4, 0.5) is 5.82 Å². The minimum atomic E-state index is 0.0738. The number of aryl methyl sites for hydroxylation is 1. The molecule has 0 aromatic carbocycles. The predicted octanol–water partition coefficient (Wildman–Crippen LogP) is 2.15. The summed E-state index contributed by atoms with van der Waals surface area (Å²) in [5.74, 6) is 0.861. The summed E-state index contributed by atoms with van der Waals surface area (Å²) < 4.78 is 0. The Morgan fingerprint density at radius 2 is 2.16 bits per heavy atom. The van der Waals surface area contributed by atoms with Gasteiger partial charge in [0.15, 0.2) is 0 Å². The second-order valence-electron chi connectivity index (χ2n) is 4.70. The molecule has 2 N–H and O–H groups in total. The minimum absolute atomic E-state index is 0.0738. The first-order valence-electron chi connectivity index (χ1n) is 6.99. The lowest BCUT2D eigenvalue weighted by Gasteiger charge is -2.11. The Labute approximate surface area is 115 Å². The Balaban J connectivity index is 2.32. The van der Waals surface area contributed by atoms with Crippen LogP contribution in [0, 0.1) is 0 Å². The lowest BCUT2D eigenvalue weighted by atomic mass is 10.2. The molecule has 0 spiro atoms. The van der Waals surface area contributed by atoms with Gasteiger partial charge in [-0.2, -0.15) is 0 Å². The molecule has 0 aliphatic heterocycles. The molecule has 0 aliphatic rings. The van der Waals surface area contributed by atoms with E-state index >= 15 is 0 Å². The largest absolute Gasteiger partial charge is 0.369 e. The van der Waals surface area contributed by atoms with Crippen molar-refractivity contribution >= 4 is 11.7 Å². The summed E-state index contributed by atoms with van der Waals surface area (Å²) in [6.45, 7) is 6.77. The van der Waals surface area contributed by atoms with Crippen molar-refractivity contribution < 1.29 is 4.79 Å². The van der Waals surface area contributed by atoms with E-state index in [2.05, 4.69) is 34.4 Å². The van der Waals surface area contributed by atoms with Gasteiger partial charge in [-0.1, -0.05) is 20.3 Å². The van der Waals surface area contributed by atoms with Crippen LogP contribution in [-0.4, -0.2) is 28.5 Å². The van der Waals surface area contributed by atoms with Crippen molar-refractivity contribution in [1.82, 2.24) is 15.3 Å². The number of nitrogens with zero attached hydrogens (tertiary/aromatic N) is 2. The topological polar surface area (TPSA) is 66.9 Å². The third-order valence-corrected chi connectivity index (χ3v) is 2.91. The molecule has 1 heterocycles. The summed E-state index contributed by atoms with van der Waals surface area (Å²) in [6.07, 6.45) is 4.98. The molecule has 1 atom stereocenters. The lowest BCUT2D eigenvalue weighted by molar-refractivity contribution is -0.121. The molecule has 0 saturated carbocycles. The number of nitrogens with one attached hydrogen (secondary N) is 2. The summed E-state index contributed by atoms with van der Waals surface area (Å²) in [4.78, 5) is 19.9. The van der Waals surface area contributed by atoms with Gasteiger partial charge in [-0.05, 0) is 19.8 Å². The van der Waals surface area contributed by atoms with Gasteiger partial charge >= 0.3 is 0 Å². The van der Waals surface area contributed by atoms with E-state index in [9.17, 15) is 4.79 Å². The number of anilines is 1. The summed E-state index contributed by atoms with van der Waals surface area (Å²) >= 11 is 0. The maximum Gasteiger partial charge on any atom is 0.221 e. The van der Waals surface area contributed by atoms with Gasteiger partial charge in [0, 0.05) is 30.8 Å². The number of amides is 1. The van der Waals surface area contributed by atoms with Crippen molar-refractivity contribution in [1.29, 1.82) is 0 Å². The smallest absolute Gasteiger partial charge is 0.221 e. The maximum absolute atomic E-state index is 11.6. The summed E-state index contributed by atoms with van der Waals surface area (Å²) in [7, 11) is 0. The lowest BCUT2D eigenvalue weighted by Crippen LogP contribution is -2.33. The Morgan fingerprint density at radius 1 is 1.37 bits per heavy atom. The van der Waals surface area contributed by atoms with E-state index in [4.69, 9.17) is 0 Å². The monoisotopic (exact) mass is 264 g/mol. The zero-order valence-corrected chi connectivity index (χ0v) is 12.1. The molecule has 0 radical (unpaired) electrons. The fraction of sp³-hybridized carbons (Fsp3) is 0.643. The van der Waals surface area contributed by atoms with Gasteiger partial charge < -0.3 is 10.6 Å². The van der Waals surface area contributed by atoms with Crippen LogP contribution < -0.4 is 10.6 Å². The SMILES string of the molecule is CCCc1cc(NCCC(=O)NC(C)CC)ncn1. The first-order valence-corrected chi connectivity index (χ1v) is 6.99. The second kappa shape index (κ2) is 8.45. The quantitative estimate of drug-likeness (QED) is 0.755. The zero-order chi connectivity index (χ0) is 14.1. The molecular weight excluding hydrogens is 240 g/mol. The van der Waals surface area contributed by atoms with Crippen LogP contribution in [0.2, 0.25) is 0 Å². The molecular formula is C14H24N4O. The van der Waals surface area contributed by atoms with Crippen molar-refractivity contribution in [2.24, 2.45) is 0 Å². The molecule has 1 aromatic heterocycles. The number of hydrogen-bond acceptors (Lipinski definition) is 4. The Morgan fingerprint density at radius 3 is 2.84 bits per heavy atom. The molecule has 106 valence electrons. The van der Waals surface area contributed by atoms with Crippen molar-refractivity contribution in [3.63, 3.8) is 0 Å². The van der Waals surface area contributed by atoms with Gasteiger partial charge in [0.1, 0.15) is 12.1 Å². The van der Waals surface area contributed by atoms with E-state index in [0.717, 1.165) is 30.8 Å². The third kappa shape index (κ3) is 6.18. The molecule has 0 fully saturated rings. The second-order valence-corrected chi connectivity index (χ2v) is 4.70. The van der Waals surface area contributed by atoms with Crippen molar-refractivity contribution in [2.45, 2.75) is 52.5 Å². The molecule has 1 rings (SSSR count). The van der Waals surface area contributed by atoms with Crippen LogP contribution >= 0.6 is 0 Å². The number of aromatic nitrogens is 2. The van der Waals surface area contributed by atoms with E-state index in [-0.39, 0.29) is 11.9 Å². The van der Waals surface area contributed by atoms with Crippen LogP contribution in [-0.2, 0) is 11.2 Å². The van der Waals surface area contributed by atoms with Crippen LogP contribution in [0.5, 0.6) is 0 Å². The van der Waals surface area contributed by atoms with Crippen LogP contribution in [0.1, 0.15) is 45.7 Å². The molecule has 5 nitrogen and oxygen atoms in total. The highest BCUT2D eigenvalue weighted by molar-refractivity contribution is 5.76. The van der Waals surface area contributed by atoms with Gasteiger partial charge in [0.2, 0.25) is 5.91 Å². The highest BCUT2D eigenvalue weighted by Crippen LogP contribution is 2.05. The molecule has 0 bridgehead atoms. The fourth-order valence-corrected chi connectivity index (χ4v) is 1.64. The summed E-state index contributed by atoms with van der Waals surface area (Å²) in [6, 6.07) is 2.18.